The van der Waals surface area contributed by atoms with Crippen molar-refractivity contribution >= 4 is 26.4 Å². The van der Waals surface area contributed by atoms with Gasteiger partial charge in [-0.3, -0.25) is 0 Å². The van der Waals surface area contributed by atoms with Crippen LogP contribution < -0.4 is 5.73 Å². The molecule has 17 heavy (non-hydrogen) atoms. The molecule has 0 aliphatic heterocycles. The molecule has 1 aromatic heterocycles. The maximum absolute atomic E-state index is 13.3. The van der Waals surface area contributed by atoms with Gasteiger partial charge >= 0.3 is 0 Å². The van der Waals surface area contributed by atoms with Crippen LogP contribution in [0, 0.1) is 24.1 Å². The number of anilines is 1. The molecule has 0 spiro atoms. The van der Waals surface area contributed by atoms with E-state index in [-0.39, 0.29) is 5.82 Å². The van der Waals surface area contributed by atoms with Gasteiger partial charge in [0.25, 0.3) is 0 Å². The van der Waals surface area contributed by atoms with Crippen LogP contribution in [0.2, 0.25) is 0 Å². The van der Waals surface area contributed by atoms with Gasteiger partial charge < -0.3 is 5.73 Å². The summed E-state index contributed by atoms with van der Waals surface area (Å²) in [4.78, 5) is 0. The second kappa shape index (κ2) is 5.65. The minimum absolute atomic E-state index is 0.316. The van der Waals surface area contributed by atoms with E-state index in [0.717, 1.165) is 16.9 Å². The molecule has 0 saturated heterocycles. The molecule has 0 unspecified atom stereocenters. The van der Waals surface area contributed by atoms with Gasteiger partial charge in [-0.15, -0.1) is 11.3 Å². The van der Waals surface area contributed by atoms with E-state index in [4.69, 9.17) is 11.0 Å². The second-order valence-electron chi connectivity index (χ2n) is 3.73. The van der Waals surface area contributed by atoms with Crippen LogP contribution in [-0.4, -0.2) is 0 Å². The molecular formula is C13H15FN2S. The van der Waals surface area contributed by atoms with E-state index in [1.165, 1.54) is 12.5 Å². The minimum Gasteiger partial charge on any atom is -0.389 e. The summed E-state index contributed by atoms with van der Waals surface area (Å²) in [5, 5.41) is 9.91. The van der Waals surface area contributed by atoms with Gasteiger partial charge in [-0.1, -0.05) is 26.3 Å². The molecule has 0 aliphatic carbocycles. The van der Waals surface area contributed by atoms with E-state index in [1.54, 1.807) is 6.07 Å². The van der Waals surface area contributed by atoms with Gasteiger partial charge in [-0.05, 0) is 18.6 Å². The fourth-order valence-electron chi connectivity index (χ4n) is 1.46. The number of benzene rings is 1. The molecule has 0 bridgehead atoms. The molecule has 0 amide bonds. The first kappa shape index (κ1) is 13.5. The summed E-state index contributed by atoms with van der Waals surface area (Å²) >= 11 is 1.12. The number of nitrogens with zero attached hydrogens (tertiary/aromatic N) is 1. The molecule has 2 N–H and O–H groups in total. The fourth-order valence-corrected chi connectivity index (χ4v) is 2.46. The van der Waals surface area contributed by atoms with Crippen LogP contribution in [-0.2, 0) is 0 Å². The Morgan fingerprint density at radius 1 is 1.41 bits per heavy atom. The quantitative estimate of drug-likeness (QED) is 0.761. The predicted molar refractivity (Wildman–Crippen MR) is 71.6 cm³/mol. The summed E-state index contributed by atoms with van der Waals surface area (Å²) in [6, 6.07) is 5.06. The zero-order valence-corrected chi connectivity index (χ0v) is 11.0. The third-order valence-electron chi connectivity index (χ3n) is 2.14. The van der Waals surface area contributed by atoms with Crippen molar-refractivity contribution in [3.63, 3.8) is 0 Å². The van der Waals surface area contributed by atoms with Crippen LogP contribution in [0.15, 0.2) is 12.1 Å². The Morgan fingerprint density at radius 2 is 2.00 bits per heavy atom. The van der Waals surface area contributed by atoms with Crippen LogP contribution in [0.25, 0.3) is 10.1 Å². The van der Waals surface area contributed by atoms with Gasteiger partial charge in [-0.2, -0.15) is 5.26 Å². The third-order valence-corrected chi connectivity index (χ3v) is 3.17. The number of fused-ring (bicyclic) bond motifs is 1. The molecule has 0 fully saturated rings. The third kappa shape index (κ3) is 2.56. The smallest absolute Gasteiger partial charge is 0.141 e. The first-order chi connectivity index (χ1) is 8.06. The number of hydrogen-bond donors (Lipinski definition) is 1. The Morgan fingerprint density at radius 3 is 2.53 bits per heavy atom. The van der Waals surface area contributed by atoms with E-state index in [9.17, 15) is 4.39 Å². The standard InChI is InChI=1S/C10H7FN2S.C3H8/c1-5-2-3-7(11)9-8(5)6(4-12)10(13)14-9;1-3-2/h2-3H,13H2,1H3;3H2,1-2H3. The summed E-state index contributed by atoms with van der Waals surface area (Å²) in [6.07, 6.45) is 1.25. The monoisotopic (exact) mass is 250 g/mol. The van der Waals surface area contributed by atoms with Gasteiger partial charge in [0.2, 0.25) is 0 Å². The van der Waals surface area contributed by atoms with Crippen molar-refractivity contribution in [3.8, 4) is 6.07 Å². The van der Waals surface area contributed by atoms with Gasteiger partial charge in [-0.25, -0.2) is 4.39 Å². The van der Waals surface area contributed by atoms with Crippen LogP contribution in [0.5, 0.6) is 0 Å². The molecule has 0 atom stereocenters. The zero-order valence-electron chi connectivity index (χ0n) is 10.2. The molecule has 0 saturated carbocycles. The number of halogens is 1. The first-order valence-electron chi connectivity index (χ1n) is 5.43. The molecule has 2 nitrogen and oxygen atoms in total. The average molecular weight is 250 g/mol. The SMILES string of the molecule is CCC.Cc1ccc(F)c2sc(N)c(C#N)c12. The number of rotatable bonds is 0. The van der Waals surface area contributed by atoms with E-state index in [2.05, 4.69) is 13.8 Å². The number of thiophene rings is 1. The minimum atomic E-state index is -0.316. The fraction of sp³-hybridized carbons (Fsp3) is 0.308. The Hall–Kier alpha value is -1.60. The molecule has 90 valence electrons. The van der Waals surface area contributed by atoms with Gasteiger partial charge in [0, 0.05) is 5.39 Å². The van der Waals surface area contributed by atoms with Gasteiger partial charge in [0.05, 0.1) is 10.3 Å². The van der Waals surface area contributed by atoms with E-state index in [1.807, 2.05) is 13.0 Å². The van der Waals surface area contributed by atoms with Crippen molar-refractivity contribution in [1.29, 1.82) is 5.26 Å². The molecular weight excluding hydrogens is 235 g/mol. The number of hydrogen-bond acceptors (Lipinski definition) is 3. The maximum Gasteiger partial charge on any atom is 0.141 e. The highest BCUT2D eigenvalue weighted by molar-refractivity contribution is 7.23. The lowest BCUT2D eigenvalue weighted by Crippen LogP contribution is -1.84. The molecule has 0 aliphatic rings. The summed E-state index contributed by atoms with van der Waals surface area (Å²) in [6.45, 7) is 6.09. The number of aryl methyl sites for hydroxylation is 1. The summed E-state index contributed by atoms with van der Waals surface area (Å²) in [5.74, 6) is -0.316. The van der Waals surface area contributed by atoms with E-state index in [0.29, 0.717) is 20.7 Å². The highest BCUT2D eigenvalue weighted by atomic mass is 32.1. The van der Waals surface area contributed by atoms with E-state index >= 15 is 0 Å². The Bertz CT molecular complexity index is 567. The lowest BCUT2D eigenvalue weighted by Gasteiger charge is -1.96. The number of nitrogen functional groups attached to an aromatic ring is 1. The van der Waals surface area contributed by atoms with Gasteiger partial charge in [0.1, 0.15) is 16.9 Å². The van der Waals surface area contributed by atoms with Crippen molar-refractivity contribution in [2.75, 3.05) is 5.73 Å². The molecule has 2 rings (SSSR count). The van der Waals surface area contributed by atoms with Crippen molar-refractivity contribution in [2.45, 2.75) is 27.2 Å². The topological polar surface area (TPSA) is 49.8 Å². The highest BCUT2D eigenvalue weighted by Crippen LogP contribution is 2.36. The van der Waals surface area contributed by atoms with Crippen molar-refractivity contribution < 1.29 is 4.39 Å². The molecule has 4 heteroatoms. The van der Waals surface area contributed by atoms with Crippen molar-refractivity contribution in [3.05, 3.63) is 29.1 Å². The molecule has 2 aromatic rings. The summed E-state index contributed by atoms with van der Waals surface area (Å²) in [7, 11) is 0. The Labute approximate surface area is 104 Å². The normalized spacial score (nSPS) is 9.59. The first-order valence-corrected chi connectivity index (χ1v) is 6.25. The van der Waals surface area contributed by atoms with E-state index < -0.39 is 0 Å². The van der Waals surface area contributed by atoms with Crippen LogP contribution in [0.3, 0.4) is 0 Å². The number of nitriles is 1. The highest BCUT2D eigenvalue weighted by Gasteiger charge is 2.14. The molecule has 1 heterocycles. The summed E-state index contributed by atoms with van der Waals surface area (Å²) < 4.78 is 13.8. The molecule has 1 aromatic carbocycles. The Balaban J connectivity index is 0.000000437. The lowest BCUT2D eigenvalue weighted by molar-refractivity contribution is 0.641. The van der Waals surface area contributed by atoms with Crippen LogP contribution in [0.4, 0.5) is 9.39 Å². The van der Waals surface area contributed by atoms with Crippen LogP contribution >= 0.6 is 11.3 Å². The van der Waals surface area contributed by atoms with Crippen LogP contribution in [0.1, 0.15) is 31.4 Å². The van der Waals surface area contributed by atoms with Crippen molar-refractivity contribution in [2.24, 2.45) is 0 Å². The number of nitrogens with two attached hydrogens (primary N) is 1. The maximum atomic E-state index is 13.3. The second-order valence-corrected chi connectivity index (χ2v) is 4.78. The largest absolute Gasteiger partial charge is 0.389 e. The van der Waals surface area contributed by atoms with Crippen molar-refractivity contribution in [1.82, 2.24) is 0 Å². The summed E-state index contributed by atoms with van der Waals surface area (Å²) in [5.41, 5.74) is 6.90. The lowest BCUT2D eigenvalue weighted by atomic mass is 10.1. The average Bonchev–Trinajstić information content (AvgIpc) is 2.63. The predicted octanol–water partition coefficient (Wildman–Crippen LogP) is 4.22. The zero-order chi connectivity index (χ0) is 13.0. The molecule has 0 radical (unpaired) electrons. The Kier molecular flexibility index (Phi) is 4.47. The van der Waals surface area contributed by atoms with Gasteiger partial charge in [0.15, 0.2) is 0 Å².